The van der Waals surface area contributed by atoms with E-state index in [-0.39, 0.29) is 24.2 Å². The molecular weight excluding hydrogens is 404 g/mol. The number of carboxylic acids is 1. The molecule has 0 aliphatic heterocycles. The standard InChI is InChI=1S/C18H20N6O3.C2H4O2/c1-12-4-5-13(10-14(12)26-9-2-6-19)18(25)22-11-15-23-17(24-27-15)16-20-7-3-8-21-16;1-2(3)4/h3-5,7-8,10H,2,6,9,11,19H2,1H3,(H,22,25);1H3,(H,3,4). The molecular formula is C20H24N6O5. The highest BCUT2D eigenvalue weighted by Gasteiger charge is 2.13. The van der Waals surface area contributed by atoms with Crippen molar-refractivity contribution in [1.29, 1.82) is 0 Å². The molecule has 1 amide bonds. The monoisotopic (exact) mass is 428 g/mol. The Kier molecular flexibility index (Phi) is 9.05. The highest BCUT2D eigenvalue weighted by atomic mass is 16.5. The molecule has 0 unspecified atom stereocenters. The molecule has 0 aliphatic rings. The van der Waals surface area contributed by atoms with Gasteiger partial charge in [0.05, 0.1) is 13.2 Å². The molecule has 1 aromatic carbocycles. The molecule has 0 saturated heterocycles. The van der Waals surface area contributed by atoms with Crippen LogP contribution in [0, 0.1) is 6.92 Å². The van der Waals surface area contributed by atoms with Gasteiger partial charge in [0.15, 0.2) is 0 Å². The Morgan fingerprint density at radius 2 is 1.94 bits per heavy atom. The normalized spacial score (nSPS) is 10.0. The molecule has 0 radical (unpaired) electrons. The van der Waals surface area contributed by atoms with Crippen molar-refractivity contribution >= 4 is 11.9 Å². The smallest absolute Gasteiger partial charge is 0.300 e. The molecule has 4 N–H and O–H groups in total. The number of ether oxygens (including phenoxy) is 1. The number of nitrogens with two attached hydrogens (primary N) is 1. The van der Waals surface area contributed by atoms with E-state index in [1.165, 1.54) is 0 Å². The van der Waals surface area contributed by atoms with Crippen molar-refractivity contribution in [3.63, 3.8) is 0 Å². The third-order valence-electron chi connectivity index (χ3n) is 3.69. The number of nitrogens with one attached hydrogen (secondary N) is 1. The Labute approximate surface area is 178 Å². The van der Waals surface area contributed by atoms with Gasteiger partial charge in [-0.05, 0) is 43.7 Å². The molecule has 0 fully saturated rings. The summed E-state index contributed by atoms with van der Waals surface area (Å²) in [7, 11) is 0. The van der Waals surface area contributed by atoms with Crippen molar-refractivity contribution < 1.29 is 24.0 Å². The first-order chi connectivity index (χ1) is 14.9. The van der Waals surface area contributed by atoms with E-state index in [1.807, 2.05) is 13.0 Å². The van der Waals surface area contributed by atoms with Gasteiger partial charge in [-0.3, -0.25) is 9.59 Å². The zero-order valence-corrected chi connectivity index (χ0v) is 17.2. The van der Waals surface area contributed by atoms with E-state index in [0.717, 1.165) is 18.9 Å². The SMILES string of the molecule is CC(=O)O.Cc1ccc(C(=O)NCc2nc(-c3ncccn3)no2)cc1OCCCN. The molecule has 3 aromatic rings. The van der Waals surface area contributed by atoms with E-state index in [2.05, 4.69) is 25.4 Å². The summed E-state index contributed by atoms with van der Waals surface area (Å²) in [5.74, 6) is 0.450. The average molecular weight is 428 g/mol. The van der Waals surface area contributed by atoms with Gasteiger partial charge in [-0.2, -0.15) is 4.98 Å². The van der Waals surface area contributed by atoms with E-state index in [9.17, 15) is 4.79 Å². The van der Waals surface area contributed by atoms with E-state index in [1.54, 1.807) is 30.6 Å². The van der Waals surface area contributed by atoms with Crippen LogP contribution in [0.15, 0.2) is 41.2 Å². The minimum atomic E-state index is -0.833. The predicted molar refractivity (Wildman–Crippen MR) is 110 cm³/mol. The van der Waals surface area contributed by atoms with E-state index in [0.29, 0.717) is 30.3 Å². The van der Waals surface area contributed by atoms with Crippen LogP contribution in [0.1, 0.15) is 35.2 Å². The van der Waals surface area contributed by atoms with Gasteiger partial charge in [0.2, 0.25) is 17.5 Å². The van der Waals surface area contributed by atoms with Crippen molar-refractivity contribution in [3.05, 3.63) is 53.7 Å². The molecule has 11 nitrogen and oxygen atoms in total. The number of aryl methyl sites for hydroxylation is 1. The lowest BCUT2D eigenvalue weighted by molar-refractivity contribution is -0.134. The Hall–Kier alpha value is -3.86. The summed E-state index contributed by atoms with van der Waals surface area (Å²) in [6.07, 6.45) is 3.93. The number of rotatable bonds is 8. The lowest BCUT2D eigenvalue weighted by atomic mass is 10.1. The number of carbonyl (C=O) groups is 2. The van der Waals surface area contributed by atoms with Crippen molar-refractivity contribution in [1.82, 2.24) is 25.4 Å². The second-order valence-corrected chi connectivity index (χ2v) is 6.26. The van der Waals surface area contributed by atoms with Crippen LogP contribution >= 0.6 is 0 Å². The fraction of sp³-hybridized carbons (Fsp3) is 0.300. The molecule has 0 atom stereocenters. The maximum atomic E-state index is 12.4. The summed E-state index contributed by atoms with van der Waals surface area (Å²) >= 11 is 0. The molecule has 0 spiro atoms. The van der Waals surface area contributed by atoms with Crippen LogP contribution in [0.5, 0.6) is 5.75 Å². The minimum Gasteiger partial charge on any atom is -0.493 e. The van der Waals surface area contributed by atoms with Gasteiger partial charge >= 0.3 is 0 Å². The summed E-state index contributed by atoms with van der Waals surface area (Å²) in [5.41, 5.74) is 6.90. The van der Waals surface area contributed by atoms with Crippen LogP contribution in [0.4, 0.5) is 0 Å². The molecule has 11 heteroatoms. The van der Waals surface area contributed by atoms with Gasteiger partial charge in [-0.1, -0.05) is 11.2 Å². The van der Waals surface area contributed by atoms with Crippen molar-refractivity contribution in [2.24, 2.45) is 5.73 Å². The first kappa shape index (κ1) is 23.4. The number of nitrogens with zero attached hydrogens (tertiary/aromatic N) is 4. The molecule has 0 bridgehead atoms. The molecule has 31 heavy (non-hydrogen) atoms. The van der Waals surface area contributed by atoms with Crippen molar-refractivity contribution in [2.75, 3.05) is 13.2 Å². The molecule has 0 aliphatic carbocycles. The Morgan fingerprint density at radius 1 is 1.23 bits per heavy atom. The number of benzene rings is 1. The quantitative estimate of drug-likeness (QED) is 0.448. The average Bonchev–Trinajstić information content (AvgIpc) is 3.23. The highest BCUT2D eigenvalue weighted by Crippen LogP contribution is 2.20. The number of aliphatic carboxylic acids is 1. The van der Waals surface area contributed by atoms with E-state index >= 15 is 0 Å². The predicted octanol–water partition coefficient (Wildman–Crippen LogP) is 1.58. The second kappa shape index (κ2) is 12.0. The Morgan fingerprint density at radius 3 is 2.61 bits per heavy atom. The second-order valence-electron chi connectivity index (χ2n) is 6.26. The number of carboxylic acid groups (broad SMARTS) is 1. The number of hydrogen-bond acceptors (Lipinski definition) is 9. The first-order valence-corrected chi connectivity index (χ1v) is 9.42. The van der Waals surface area contributed by atoms with Crippen molar-refractivity contribution in [3.8, 4) is 17.4 Å². The third-order valence-corrected chi connectivity index (χ3v) is 3.69. The number of aromatic nitrogens is 4. The zero-order chi connectivity index (χ0) is 22.6. The summed E-state index contributed by atoms with van der Waals surface area (Å²) in [6, 6.07) is 6.97. The van der Waals surface area contributed by atoms with Crippen LogP contribution in [0.3, 0.4) is 0 Å². The summed E-state index contributed by atoms with van der Waals surface area (Å²) < 4.78 is 10.8. The fourth-order valence-electron chi connectivity index (χ4n) is 2.25. The topological polar surface area (TPSA) is 166 Å². The highest BCUT2D eigenvalue weighted by molar-refractivity contribution is 5.94. The Balaban J connectivity index is 0.000000785. The van der Waals surface area contributed by atoms with Crippen molar-refractivity contribution in [2.45, 2.75) is 26.8 Å². The van der Waals surface area contributed by atoms with E-state index < -0.39 is 5.97 Å². The van der Waals surface area contributed by atoms with Crippen LogP contribution in [-0.4, -0.2) is 50.2 Å². The lowest BCUT2D eigenvalue weighted by Crippen LogP contribution is -2.23. The number of amides is 1. The van der Waals surface area contributed by atoms with E-state index in [4.69, 9.17) is 24.9 Å². The van der Waals surface area contributed by atoms with Gasteiger partial charge < -0.3 is 25.4 Å². The third kappa shape index (κ3) is 7.82. The molecule has 2 aromatic heterocycles. The number of hydrogen-bond donors (Lipinski definition) is 3. The number of carbonyl (C=O) groups excluding carboxylic acids is 1. The van der Waals surface area contributed by atoms with Crippen LogP contribution in [0.2, 0.25) is 0 Å². The maximum absolute atomic E-state index is 12.4. The fourth-order valence-corrected chi connectivity index (χ4v) is 2.25. The Bertz CT molecular complexity index is 989. The van der Waals surface area contributed by atoms with Crippen LogP contribution < -0.4 is 15.8 Å². The first-order valence-electron chi connectivity index (χ1n) is 9.42. The maximum Gasteiger partial charge on any atom is 0.300 e. The van der Waals surface area contributed by atoms with Gasteiger partial charge in [-0.15, -0.1) is 0 Å². The summed E-state index contributed by atoms with van der Waals surface area (Å²) in [5, 5.41) is 14.0. The summed E-state index contributed by atoms with van der Waals surface area (Å²) in [4.78, 5) is 33.7. The molecule has 164 valence electrons. The zero-order valence-electron chi connectivity index (χ0n) is 17.2. The van der Waals surface area contributed by atoms with Crippen LogP contribution in [0.25, 0.3) is 11.6 Å². The van der Waals surface area contributed by atoms with Gasteiger partial charge in [0.1, 0.15) is 5.75 Å². The molecule has 2 heterocycles. The molecule has 3 rings (SSSR count). The lowest BCUT2D eigenvalue weighted by Gasteiger charge is -2.10. The van der Waals surface area contributed by atoms with Gasteiger partial charge in [0.25, 0.3) is 11.9 Å². The van der Waals surface area contributed by atoms with Crippen LogP contribution in [-0.2, 0) is 11.3 Å². The van der Waals surface area contributed by atoms with Gasteiger partial charge in [-0.25, -0.2) is 9.97 Å². The van der Waals surface area contributed by atoms with Gasteiger partial charge in [0, 0.05) is 24.9 Å². The summed E-state index contributed by atoms with van der Waals surface area (Å²) in [6.45, 7) is 4.16. The molecule has 0 saturated carbocycles. The minimum absolute atomic E-state index is 0.0932. The largest absolute Gasteiger partial charge is 0.493 e.